The molecule has 5 heteroatoms. The summed E-state index contributed by atoms with van der Waals surface area (Å²) in [7, 11) is 1.31. The van der Waals surface area contributed by atoms with E-state index in [1.54, 1.807) is 31.2 Å². The van der Waals surface area contributed by atoms with Crippen molar-refractivity contribution in [2.75, 3.05) is 12.4 Å². The summed E-state index contributed by atoms with van der Waals surface area (Å²) in [5, 5.41) is 11.6. The van der Waals surface area contributed by atoms with Crippen LogP contribution in [0.5, 0.6) is 0 Å². The Morgan fingerprint density at radius 1 is 1.47 bits per heavy atom. The van der Waals surface area contributed by atoms with Crippen LogP contribution in [0.2, 0.25) is 0 Å². The lowest BCUT2D eigenvalue weighted by Gasteiger charge is -2.13. The van der Waals surface area contributed by atoms with Gasteiger partial charge in [0.25, 0.3) is 0 Å². The molecule has 0 radical (unpaired) electrons. The van der Waals surface area contributed by atoms with Crippen molar-refractivity contribution in [2.45, 2.75) is 19.4 Å². The van der Waals surface area contributed by atoms with Crippen molar-refractivity contribution in [3.8, 4) is 0 Å². The second kappa shape index (κ2) is 5.89. The highest BCUT2D eigenvalue weighted by Gasteiger charge is 2.09. The molecule has 0 heterocycles. The van der Waals surface area contributed by atoms with Crippen LogP contribution >= 0.6 is 0 Å². The van der Waals surface area contributed by atoms with Crippen molar-refractivity contribution >= 4 is 17.6 Å². The van der Waals surface area contributed by atoms with Gasteiger partial charge in [-0.3, -0.25) is 4.79 Å². The summed E-state index contributed by atoms with van der Waals surface area (Å²) in [6.45, 7) is 1.76. The van der Waals surface area contributed by atoms with Crippen LogP contribution < -0.4 is 5.32 Å². The van der Waals surface area contributed by atoms with E-state index in [9.17, 15) is 9.59 Å². The van der Waals surface area contributed by atoms with Crippen LogP contribution in [0.1, 0.15) is 23.7 Å². The first-order valence-corrected chi connectivity index (χ1v) is 5.19. The summed E-state index contributed by atoms with van der Waals surface area (Å²) in [5.74, 6) is -1.28. The Labute approximate surface area is 99.4 Å². The molecule has 0 aliphatic rings. The number of carbonyl (C=O) groups is 2. The molecule has 1 aromatic carbocycles. The van der Waals surface area contributed by atoms with Crippen molar-refractivity contribution in [3.63, 3.8) is 0 Å². The molecule has 5 nitrogen and oxygen atoms in total. The summed E-state index contributed by atoms with van der Waals surface area (Å²) in [6, 6.07) is 6.54. The number of carboxylic acids is 1. The third-order valence-electron chi connectivity index (χ3n) is 2.18. The van der Waals surface area contributed by atoms with Gasteiger partial charge in [-0.05, 0) is 25.1 Å². The molecule has 17 heavy (non-hydrogen) atoms. The number of carbonyl (C=O) groups excluding carboxylic acids is 1. The molecule has 0 bridgehead atoms. The van der Waals surface area contributed by atoms with Crippen LogP contribution in [0.25, 0.3) is 0 Å². The number of hydrogen-bond acceptors (Lipinski definition) is 4. The molecule has 0 fully saturated rings. The van der Waals surface area contributed by atoms with Crippen LogP contribution in [0, 0.1) is 0 Å². The van der Waals surface area contributed by atoms with E-state index in [4.69, 9.17) is 5.11 Å². The summed E-state index contributed by atoms with van der Waals surface area (Å²) >= 11 is 0. The maximum absolute atomic E-state index is 11.3. The van der Waals surface area contributed by atoms with Gasteiger partial charge in [-0.1, -0.05) is 6.07 Å². The number of esters is 1. The zero-order chi connectivity index (χ0) is 12.8. The average molecular weight is 237 g/mol. The van der Waals surface area contributed by atoms with Gasteiger partial charge in [-0.2, -0.15) is 0 Å². The van der Waals surface area contributed by atoms with Crippen LogP contribution in [0.3, 0.4) is 0 Å². The number of benzene rings is 1. The minimum atomic E-state index is -0.867. The number of carboxylic acid groups (broad SMARTS) is 1. The monoisotopic (exact) mass is 237 g/mol. The predicted molar refractivity (Wildman–Crippen MR) is 63.1 cm³/mol. The minimum absolute atomic E-state index is 0.0163. The summed E-state index contributed by atoms with van der Waals surface area (Å²) in [5.41, 5.74) is 1.13. The summed E-state index contributed by atoms with van der Waals surface area (Å²) in [6.07, 6.45) is 0.0163. The molecule has 1 unspecified atom stereocenters. The predicted octanol–water partition coefficient (Wildman–Crippen LogP) is 1.75. The zero-order valence-corrected chi connectivity index (χ0v) is 9.77. The highest BCUT2D eigenvalue weighted by molar-refractivity contribution is 5.90. The third-order valence-corrected chi connectivity index (χ3v) is 2.18. The van der Waals surface area contributed by atoms with Crippen molar-refractivity contribution in [1.29, 1.82) is 0 Å². The molecule has 2 N–H and O–H groups in total. The molecule has 92 valence electrons. The third kappa shape index (κ3) is 4.14. The quantitative estimate of drug-likeness (QED) is 0.763. The number of aliphatic carboxylic acids is 1. The first-order chi connectivity index (χ1) is 8.02. The number of hydrogen-bond donors (Lipinski definition) is 2. The van der Waals surface area contributed by atoms with E-state index in [1.807, 2.05) is 0 Å². The first kappa shape index (κ1) is 13.0. The molecule has 0 saturated carbocycles. The second-order valence-electron chi connectivity index (χ2n) is 3.72. The molecule has 1 rings (SSSR count). The largest absolute Gasteiger partial charge is 0.481 e. The lowest BCUT2D eigenvalue weighted by Crippen LogP contribution is -2.19. The van der Waals surface area contributed by atoms with Gasteiger partial charge in [0, 0.05) is 11.7 Å². The first-order valence-electron chi connectivity index (χ1n) is 5.19. The number of ether oxygens (including phenoxy) is 1. The van der Waals surface area contributed by atoms with Gasteiger partial charge in [0.15, 0.2) is 0 Å². The lowest BCUT2D eigenvalue weighted by molar-refractivity contribution is -0.137. The number of anilines is 1. The number of nitrogens with one attached hydrogen (secondary N) is 1. The van der Waals surface area contributed by atoms with Gasteiger partial charge in [-0.25, -0.2) is 4.79 Å². The van der Waals surface area contributed by atoms with E-state index in [2.05, 4.69) is 10.1 Å². The van der Waals surface area contributed by atoms with E-state index >= 15 is 0 Å². The molecule has 1 atom stereocenters. The van der Waals surface area contributed by atoms with E-state index in [0.29, 0.717) is 11.3 Å². The second-order valence-corrected chi connectivity index (χ2v) is 3.72. The Morgan fingerprint density at radius 2 is 2.18 bits per heavy atom. The summed E-state index contributed by atoms with van der Waals surface area (Å²) < 4.78 is 4.60. The highest BCUT2D eigenvalue weighted by atomic mass is 16.5. The van der Waals surface area contributed by atoms with Crippen LogP contribution in [0.4, 0.5) is 5.69 Å². The maximum Gasteiger partial charge on any atom is 0.337 e. The van der Waals surface area contributed by atoms with Gasteiger partial charge in [0.2, 0.25) is 0 Å². The topological polar surface area (TPSA) is 75.6 Å². The molecule has 0 amide bonds. The maximum atomic E-state index is 11.3. The Balaban J connectivity index is 2.72. The number of methoxy groups -OCH3 is 1. The molecule has 0 spiro atoms. The molecule has 0 aromatic heterocycles. The fraction of sp³-hybridized carbons (Fsp3) is 0.333. The molecular formula is C12H15NO4. The smallest absolute Gasteiger partial charge is 0.337 e. The van der Waals surface area contributed by atoms with Gasteiger partial charge in [0.05, 0.1) is 19.1 Å². The van der Waals surface area contributed by atoms with E-state index < -0.39 is 11.9 Å². The fourth-order valence-electron chi connectivity index (χ4n) is 1.45. The molecular weight excluding hydrogens is 222 g/mol. The van der Waals surface area contributed by atoms with Crippen LogP contribution in [-0.2, 0) is 9.53 Å². The van der Waals surface area contributed by atoms with Crippen LogP contribution in [0.15, 0.2) is 24.3 Å². The van der Waals surface area contributed by atoms with E-state index in [1.165, 1.54) is 7.11 Å². The Morgan fingerprint density at radius 3 is 2.76 bits per heavy atom. The van der Waals surface area contributed by atoms with Crippen molar-refractivity contribution < 1.29 is 19.4 Å². The van der Waals surface area contributed by atoms with Gasteiger partial charge >= 0.3 is 11.9 Å². The van der Waals surface area contributed by atoms with Gasteiger partial charge in [-0.15, -0.1) is 0 Å². The Hall–Kier alpha value is -2.04. The van der Waals surface area contributed by atoms with Crippen molar-refractivity contribution in [2.24, 2.45) is 0 Å². The normalized spacial score (nSPS) is 11.6. The van der Waals surface area contributed by atoms with Crippen molar-refractivity contribution in [3.05, 3.63) is 29.8 Å². The van der Waals surface area contributed by atoms with Gasteiger partial charge < -0.3 is 15.2 Å². The number of rotatable bonds is 5. The van der Waals surface area contributed by atoms with E-state index in [0.717, 1.165) is 0 Å². The molecule has 1 aromatic rings. The van der Waals surface area contributed by atoms with E-state index in [-0.39, 0.29) is 12.5 Å². The molecule has 0 aliphatic carbocycles. The average Bonchev–Trinajstić information content (AvgIpc) is 2.27. The molecule has 0 saturated heterocycles. The minimum Gasteiger partial charge on any atom is -0.481 e. The fourth-order valence-corrected chi connectivity index (χ4v) is 1.45. The summed E-state index contributed by atoms with van der Waals surface area (Å²) in [4.78, 5) is 21.8. The van der Waals surface area contributed by atoms with Crippen molar-refractivity contribution in [1.82, 2.24) is 0 Å². The lowest BCUT2D eigenvalue weighted by atomic mass is 10.1. The Bertz CT molecular complexity index is 417. The zero-order valence-electron chi connectivity index (χ0n) is 9.77. The SMILES string of the molecule is COC(=O)c1cccc(NC(C)CC(=O)O)c1. The van der Waals surface area contributed by atoms with Gasteiger partial charge in [0.1, 0.15) is 0 Å². The Kier molecular flexibility index (Phi) is 4.51. The van der Waals surface area contributed by atoms with Crippen LogP contribution in [-0.4, -0.2) is 30.2 Å². The standard InChI is InChI=1S/C12H15NO4/c1-8(6-11(14)15)13-10-5-3-4-9(7-10)12(16)17-2/h3-5,7-8,13H,6H2,1-2H3,(H,14,15). The highest BCUT2D eigenvalue weighted by Crippen LogP contribution is 2.13. The molecule has 0 aliphatic heterocycles.